The number of amidine groups is 1. The van der Waals surface area contributed by atoms with Gasteiger partial charge in [0.25, 0.3) is 0 Å². The molecule has 0 bridgehead atoms. The van der Waals surface area contributed by atoms with E-state index in [-0.39, 0.29) is 30.2 Å². The van der Waals surface area contributed by atoms with Crippen molar-refractivity contribution in [1.82, 2.24) is 24.5 Å². The fourth-order valence-electron chi connectivity index (χ4n) is 4.84. The molecule has 1 unspecified atom stereocenters. The van der Waals surface area contributed by atoms with Gasteiger partial charge >= 0.3 is 6.18 Å². The molecule has 0 saturated heterocycles. The van der Waals surface area contributed by atoms with Gasteiger partial charge in [0.1, 0.15) is 11.2 Å². The van der Waals surface area contributed by atoms with E-state index in [2.05, 4.69) is 46.1 Å². The Morgan fingerprint density at radius 2 is 1.82 bits per heavy atom. The molecule has 3 aromatic heterocycles. The monoisotopic (exact) mass is 551 g/mol. The molecule has 9 nitrogen and oxygen atoms in total. The number of aromatic nitrogens is 5. The van der Waals surface area contributed by atoms with Crippen LogP contribution in [0.15, 0.2) is 47.7 Å². The highest BCUT2D eigenvalue weighted by atomic mass is 19.4. The minimum absolute atomic E-state index is 0.0417. The summed E-state index contributed by atoms with van der Waals surface area (Å²) in [5.74, 6) is 7.28. The topological polar surface area (TPSA) is 133 Å². The summed E-state index contributed by atoms with van der Waals surface area (Å²) in [6.07, 6.45) is 0.714. The van der Waals surface area contributed by atoms with Gasteiger partial charge in [-0.3, -0.25) is 4.98 Å². The summed E-state index contributed by atoms with van der Waals surface area (Å²) in [5, 5.41) is 7.09. The fraction of sp³-hybridized carbons (Fsp3) is 0.393. The number of imidazole rings is 1. The first-order valence-electron chi connectivity index (χ1n) is 13.3. The van der Waals surface area contributed by atoms with Crippen LogP contribution in [0.2, 0.25) is 0 Å². The molecule has 1 fully saturated rings. The zero-order valence-corrected chi connectivity index (χ0v) is 22.6. The van der Waals surface area contributed by atoms with Crippen molar-refractivity contribution in [2.24, 2.45) is 22.6 Å². The SMILES string of the molecule is CC(C)c1ccnc(-c2nc3nc(/C(N)=N/N)nc(NC(C)C4CCC4)c3n2Cc2ccc(C(F)(F)F)cc2)c1. The Labute approximate surface area is 229 Å². The molecule has 3 heterocycles. The van der Waals surface area contributed by atoms with Gasteiger partial charge in [0, 0.05) is 18.8 Å². The Morgan fingerprint density at radius 1 is 1.10 bits per heavy atom. The zero-order chi connectivity index (χ0) is 28.6. The van der Waals surface area contributed by atoms with Crippen LogP contribution in [0.4, 0.5) is 19.0 Å². The average molecular weight is 552 g/mol. The van der Waals surface area contributed by atoms with Gasteiger partial charge in [-0.1, -0.05) is 32.4 Å². The quantitative estimate of drug-likeness (QED) is 0.118. The van der Waals surface area contributed by atoms with E-state index >= 15 is 0 Å². The summed E-state index contributed by atoms with van der Waals surface area (Å²) in [4.78, 5) is 18.6. The van der Waals surface area contributed by atoms with Crippen molar-refractivity contribution in [3.63, 3.8) is 0 Å². The lowest BCUT2D eigenvalue weighted by Crippen LogP contribution is -2.32. The number of benzene rings is 1. The largest absolute Gasteiger partial charge is 0.416 e. The van der Waals surface area contributed by atoms with Crippen LogP contribution in [0.3, 0.4) is 0 Å². The molecule has 0 radical (unpaired) electrons. The van der Waals surface area contributed by atoms with E-state index < -0.39 is 11.7 Å². The summed E-state index contributed by atoms with van der Waals surface area (Å²) < 4.78 is 41.6. The van der Waals surface area contributed by atoms with Crippen LogP contribution >= 0.6 is 0 Å². The third-order valence-electron chi connectivity index (χ3n) is 7.49. The summed E-state index contributed by atoms with van der Waals surface area (Å²) in [7, 11) is 0. The second kappa shape index (κ2) is 10.7. The van der Waals surface area contributed by atoms with Gasteiger partial charge in [-0.25, -0.2) is 15.0 Å². The number of hydrogen-bond acceptors (Lipinski definition) is 7. The van der Waals surface area contributed by atoms with Gasteiger partial charge in [-0.15, -0.1) is 0 Å². The molecule has 4 aromatic rings. The van der Waals surface area contributed by atoms with Gasteiger partial charge in [0.05, 0.1) is 5.56 Å². The Morgan fingerprint density at radius 3 is 2.42 bits per heavy atom. The van der Waals surface area contributed by atoms with Crippen molar-refractivity contribution in [3.05, 3.63) is 65.1 Å². The molecule has 1 saturated carbocycles. The van der Waals surface area contributed by atoms with Gasteiger partial charge in [-0.05, 0) is 67.0 Å². The van der Waals surface area contributed by atoms with Gasteiger partial charge in [-0.2, -0.15) is 18.3 Å². The molecule has 0 spiro atoms. The number of nitrogens with zero attached hydrogens (tertiary/aromatic N) is 6. The number of anilines is 1. The van der Waals surface area contributed by atoms with E-state index in [0.29, 0.717) is 40.0 Å². The Hall–Kier alpha value is -4.22. The Balaban J connectivity index is 1.70. The van der Waals surface area contributed by atoms with E-state index in [1.807, 2.05) is 16.7 Å². The highest BCUT2D eigenvalue weighted by molar-refractivity contribution is 5.97. The van der Waals surface area contributed by atoms with E-state index in [9.17, 15) is 13.2 Å². The van der Waals surface area contributed by atoms with E-state index in [1.54, 1.807) is 6.20 Å². The van der Waals surface area contributed by atoms with Gasteiger partial charge in [0.2, 0.25) is 5.82 Å². The third kappa shape index (κ3) is 5.43. The van der Waals surface area contributed by atoms with Crippen LogP contribution < -0.4 is 16.9 Å². The van der Waals surface area contributed by atoms with Crippen molar-refractivity contribution >= 4 is 22.8 Å². The van der Waals surface area contributed by atoms with Crippen LogP contribution in [0, 0.1) is 5.92 Å². The molecule has 210 valence electrons. The van der Waals surface area contributed by atoms with Crippen molar-refractivity contribution in [3.8, 4) is 11.5 Å². The summed E-state index contributed by atoms with van der Waals surface area (Å²) in [6, 6.07) is 9.11. The van der Waals surface area contributed by atoms with E-state index in [0.717, 1.165) is 30.5 Å². The minimum Gasteiger partial charge on any atom is -0.379 e. The summed E-state index contributed by atoms with van der Waals surface area (Å²) in [6.45, 7) is 6.48. The Bertz CT molecular complexity index is 1540. The highest BCUT2D eigenvalue weighted by Gasteiger charge is 2.30. The first-order chi connectivity index (χ1) is 19.0. The van der Waals surface area contributed by atoms with Crippen LogP contribution in [0.1, 0.15) is 68.5 Å². The molecule has 40 heavy (non-hydrogen) atoms. The maximum absolute atomic E-state index is 13.2. The lowest BCUT2D eigenvalue weighted by atomic mass is 9.80. The van der Waals surface area contributed by atoms with Crippen LogP contribution in [-0.2, 0) is 12.7 Å². The molecule has 1 aliphatic carbocycles. The van der Waals surface area contributed by atoms with Crippen molar-refractivity contribution in [2.75, 3.05) is 5.32 Å². The number of fused-ring (bicyclic) bond motifs is 1. The molecule has 5 N–H and O–H groups in total. The molecular weight excluding hydrogens is 519 g/mol. The van der Waals surface area contributed by atoms with Crippen molar-refractivity contribution in [1.29, 1.82) is 0 Å². The first-order valence-corrected chi connectivity index (χ1v) is 13.3. The smallest absolute Gasteiger partial charge is 0.379 e. The number of halogens is 3. The van der Waals surface area contributed by atoms with E-state index in [1.165, 1.54) is 18.6 Å². The number of nitrogens with two attached hydrogens (primary N) is 2. The van der Waals surface area contributed by atoms with Gasteiger partial charge < -0.3 is 21.5 Å². The summed E-state index contributed by atoms with van der Waals surface area (Å²) in [5.41, 5.74) is 8.55. The van der Waals surface area contributed by atoms with Crippen molar-refractivity contribution < 1.29 is 13.2 Å². The third-order valence-corrected chi connectivity index (χ3v) is 7.49. The molecular formula is C28H32F3N9. The summed E-state index contributed by atoms with van der Waals surface area (Å²) >= 11 is 0. The molecule has 5 rings (SSSR count). The predicted octanol–water partition coefficient (Wildman–Crippen LogP) is 5.26. The average Bonchev–Trinajstić information content (AvgIpc) is 3.25. The van der Waals surface area contributed by atoms with Gasteiger partial charge in [0.15, 0.2) is 23.1 Å². The van der Waals surface area contributed by atoms with Crippen LogP contribution in [0.25, 0.3) is 22.7 Å². The molecule has 0 amide bonds. The van der Waals surface area contributed by atoms with Crippen LogP contribution in [0.5, 0.6) is 0 Å². The number of rotatable bonds is 8. The molecule has 0 aliphatic heterocycles. The second-order valence-electron chi connectivity index (χ2n) is 10.6. The van der Waals surface area contributed by atoms with Crippen LogP contribution in [-0.4, -0.2) is 36.4 Å². The maximum Gasteiger partial charge on any atom is 0.416 e. The lowest BCUT2D eigenvalue weighted by Gasteiger charge is -2.32. The second-order valence-corrected chi connectivity index (χ2v) is 10.6. The zero-order valence-electron chi connectivity index (χ0n) is 22.6. The standard InChI is InChI=1S/C28H32F3N9/c1-15(2)19-11-12-34-21(13-19)27-38-25-22(40(27)14-17-7-9-20(10-8-17)28(29,30)31)24(35-16(3)18-5-4-6-18)36-26(37-25)23(32)39-33/h7-13,15-16,18H,4-6,14,33H2,1-3H3,(H2,32,39)(H,35,36,37). The minimum atomic E-state index is -4.42. The normalized spacial score (nSPS) is 15.4. The first kappa shape index (κ1) is 27.4. The number of hydrogen-bond donors (Lipinski definition) is 3. The maximum atomic E-state index is 13.2. The highest BCUT2D eigenvalue weighted by Crippen LogP contribution is 2.34. The van der Waals surface area contributed by atoms with E-state index in [4.69, 9.17) is 16.6 Å². The lowest BCUT2D eigenvalue weighted by molar-refractivity contribution is -0.137. The van der Waals surface area contributed by atoms with Crippen molar-refractivity contribution in [2.45, 2.75) is 64.7 Å². The fourth-order valence-corrected chi connectivity index (χ4v) is 4.84. The molecule has 12 heteroatoms. The molecule has 1 atom stereocenters. The Kier molecular flexibility index (Phi) is 7.35. The number of pyridine rings is 1. The number of alkyl halides is 3. The molecule has 1 aromatic carbocycles. The number of hydrazone groups is 1. The predicted molar refractivity (Wildman–Crippen MR) is 149 cm³/mol. The molecule has 1 aliphatic rings. The number of nitrogens with one attached hydrogen (secondary N) is 1.